The first-order valence-corrected chi connectivity index (χ1v) is 3.13. The minimum Gasteiger partial charge on any atom is -0.339 e. The third-order valence-corrected chi connectivity index (χ3v) is 1.51. The largest absolute Gasteiger partial charge is 0.348 e. The molecule has 0 bridgehead atoms. The molecule has 0 unspecified atom stereocenters. The number of H-pyrrole nitrogens is 2. The van der Waals surface area contributed by atoms with Crippen LogP contribution in [0.4, 0.5) is 0 Å². The standard InChI is InChI=1S/C5H5N5O2/c6-10-3-2(7-1-8-3)4(11)9-5(10)12/h1H,6H2,(H,7,8)(H,9,11,12). The van der Waals surface area contributed by atoms with Crippen LogP contribution in [-0.4, -0.2) is 19.6 Å². The highest BCUT2D eigenvalue weighted by molar-refractivity contribution is 5.68. The monoisotopic (exact) mass is 167 g/mol. The summed E-state index contributed by atoms with van der Waals surface area (Å²) in [6, 6.07) is 0. The lowest BCUT2D eigenvalue weighted by atomic mass is 10.5. The Morgan fingerprint density at radius 1 is 1.50 bits per heavy atom. The Morgan fingerprint density at radius 2 is 2.25 bits per heavy atom. The van der Waals surface area contributed by atoms with E-state index in [1.807, 2.05) is 4.98 Å². The van der Waals surface area contributed by atoms with E-state index in [0.717, 1.165) is 4.68 Å². The molecule has 0 aliphatic heterocycles. The van der Waals surface area contributed by atoms with Crippen LogP contribution in [0.3, 0.4) is 0 Å². The number of hydrogen-bond donors (Lipinski definition) is 3. The van der Waals surface area contributed by atoms with Crippen LogP contribution in [0.5, 0.6) is 0 Å². The Bertz CT molecular complexity index is 532. The van der Waals surface area contributed by atoms with Gasteiger partial charge >= 0.3 is 5.69 Å². The Kier molecular flexibility index (Phi) is 1.09. The topological polar surface area (TPSA) is 110 Å². The van der Waals surface area contributed by atoms with E-state index in [4.69, 9.17) is 5.84 Å². The van der Waals surface area contributed by atoms with Gasteiger partial charge in [0.05, 0.1) is 6.33 Å². The third kappa shape index (κ3) is 0.669. The van der Waals surface area contributed by atoms with Gasteiger partial charge in [0.2, 0.25) is 0 Å². The summed E-state index contributed by atoms with van der Waals surface area (Å²) in [5, 5.41) is 0. The summed E-state index contributed by atoms with van der Waals surface area (Å²) in [7, 11) is 0. The van der Waals surface area contributed by atoms with Crippen LogP contribution in [0.2, 0.25) is 0 Å². The van der Waals surface area contributed by atoms with Gasteiger partial charge in [0, 0.05) is 0 Å². The molecule has 0 aromatic carbocycles. The third-order valence-electron chi connectivity index (χ3n) is 1.51. The van der Waals surface area contributed by atoms with E-state index in [9.17, 15) is 9.59 Å². The molecule has 0 spiro atoms. The number of fused-ring (bicyclic) bond motifs is 1. The number of nitrogens with two attached hydrogens (primary N) is 1. The smallest absolute Gasteiger partial charge is 0.339 e. The van der Waals surface area contributed by atoms with Crippen LogP contribution in [0.15, 0.2) is 15.9 Å². The summed E-state index contributed by atoms with van der Waals surface area (Å²) in [6.45, 7) is 0. The van der Waals surface area contributed by atoms with Gasteiger partial charge in [-0.2, -0.15) is 4.68 Å². The van der Waals surface area contributed by atoms with Crippen LogP contribution in [0.25, 0.3) is 11.2 Å². The van der Waals surface area contributed by atoms with Crippen molar-refractivity contribution in [3.63, 3.8) is 0 Å². The molecule has 0 saturated carbocycles. The van der Waals surface area contributed by atoms with Gasteiger partial charge < -0.3 is 10.8 Å². The number of nitrogens with zero attached hydrogens (tertiary/aromatic N) is 2. The van der Waals surface area contributed by atoms with E-state index in [1.54, 1.807) is 0 Å². The molecule has 4 N–H and O–H groups in total. The Labute approximate surface area is 64.8 Å². The van der Waals surface area contributed by atoms with Gasteiger partial charge in [0.25, 0.3) is 5.56 Å². The van der Waals surface area contributed by atoms with Crippen LogP contribution in [0, 0.1) is 0 Å². The number of rotatable bonds is 0. The van der Waals surface area contributed by atoms with E-state index in [2.05, 4.69) is 9.97 Å². The fraction of sp³-hybridized carbons (Fsp3) is 0. The molecule has 0 atom stereocenters. The van der Waals surface area contributed by atoms with Crippen molar-refractivity contribution >= 4 is 11.2 Å². The minimum atomic E-state index is -0.681. The summed E-state index contributed by atoms with van der Waals surface area (Å²) in [5.74, 6) is 5.28. The van der Waals surface area contributed by atoms with E-state index >= 15 is 0 Å². The van der Waals surface area contributed by atoms with E-state index in [0.29, 0.717) is 0 Å². The normalized spacial score (nSPS) is 10.7. The van der Waals surface area contributed by atoms with Crippen molar-refractivity contribution < 1.29 is 0 Å². The number of aromatic nitrogens is 4. The van der Waals surface area contributed by atoms with Gasteiger partial charge in [-0.3, -0.25) is 9.78 Å². The molecule has 0 radical (unpaired) electrons. The fourth-order valence-corrected chi connectivity index (χ4v) is 0.953. The van der Waals surface area contributed by atoms with Crippen LogP contribution in [-0.2, 0) is 0 Å². The molecule has 0 saturated heterocycles. The van der Waals surface area contributed by atoms with Gasteiger partial charge in [0.1, 0.15) is 0 Å². The zero-order valence-corrected chi connectivity index (χ0v) is 5.87. The molecule has 2 aromatic heterocycles. The van der Waals surface area contributed by atoms with Gasteiger partial charge in [-0.15, -0.1) is 0 Å². The van der Waals surface area contributed by atoms with Gasteiger partial charge in [-0.25, -0.2) is 9.78 Å². The average Bonchev–Trinajstić information content (AvgIpc) is 2.48. The highest BCUT2D eigenvalue weighted by Gasteiger charge is 2.05. The minimum absolute atomic E-state index is 0.142. The van der Waals surface area contributed by atoms with E-state index < -0.39 is 11.2 Å². The number of imidazole rings is 1. The first-order chi connectivity index (χ1) is 5.70. The SMILES string of the molecule is Nn1c(=O)[nH]c(=O)c2[nH]cnc21. The number of nitrogens with one attached hydrogen (secondary N) is 2. The van der Waals surface area contributed by atoms with Crippen LogP contribution in [0.1, 0.15) is 0 Å². The molecular weight excluding hydrogens is 162 g/mol. The summed E-state index contributed by atoms with van der Waals surface area (Å²) in [5.41, 5.74) is -0.866. The summed E-state index contributed by atoms with van der Waals surface area (Å²) >= 11 is 0. The highest BCUT2D eigenvalue weighted by Crippen LogP contribution is 1.94. The van der Waals surface area contributed by atoms with E-state index in [-0.39, 0.29) is 11.2 Å². The van der Waals surface area contributed by atoms with Crippen molar-refractivity contribution in [3.8, 4) is 0 Å². The lowest BCUT2D eigenvalue weighted by Gasteiger charge is -1.94. The molecule has 2 heterocycles. The molecule has 2 aromatic rings. The van der Waals surface area contributed by atoms with Crippen molar-refractivity contribution in [2.75, 3.05) is 5.84 Å². The van der Waals surface area contributed by atoms with Crippen LogP contribution >= 0.6 is 0 Å². The summed E-state index contributed by atoms with van der Waals surface area (Å²) < 4.78 is 0.771. The Morgan fingerprint density at radius 3 is 3.00 bits per heavy atom. The van der Waals surface area contributed by atoms with Gasteiger partial charge in [-0.05, 0) is 0 Å². The summed E-state index contributed by atoms with van der Waals surface area (Å²) in [6.07, 6.45) is 1.29. The maximum absolute atomic E-state index is 11.0. The fourth-order valence-electron chi connectivity index (χ4n) is 0.953. The van der Waals surface area contributed by atoms with E-state index in [1.165, 1.54) is 6.33 Å². The quantitative estimate of drug-likeness (QED) is 0.399. The average molecular weight is 167 g/mol. The molecular formula is C5H5N5O2. The van der Waals surface area contributed by atoms with Crippen LogP contribution < -0.4 is 17.1 Å². The first-order valence-electron chi connectivity index (χ1n) is 3.13. The molecule has 0 aliphatic carbocycles. The van der Waals surface area contributed by atoms with Crippen molar-refractivity contribution in [3.05, 3.63) is 27.2 Å². The molecule has 12 heavy (non-hydrogen) atoms. The van der Waals surface area contributed by atoms with Crippen molar-refractivity contribution in [1.29, 1.82) is 0 Å². The summed E-state index contributed by atoms with van der Waals surface area (Å²) in [4.78, 5) is 30.2. The number of nitrogen functional groups attached to an aromatic ring is 1. The Hall–Kier alpha value is -2.05. The predicted octanol–water partition coefficient (Wildman–Crippen LogP) is -1.87. The highest BCUT2D eigenvalue weighted by atomic mass is 16.2. The van der Waals surface area contributed by atoms with Gasteiger partial charge in [0.15, 0.2) is 11.2 Å². The van der Waals surface area contributed by atoms with Crippen molar-refractivity contribution in [2.24, 2.45) is 0 Å². The zero-order valence-electron chi connectivity index (χ0n) is 5.87. The first kappa shape index (κ1) is 6.65. The van der Waals surface area contributed by atoms with Gasteiger partial charge in [-0.1, -0.05) is 0 Å². The zero-order chi connectivity index (χ0) is 8.72. The maximum atomic E-state index is 11.0. The second-order valence-corrected chi connectivity index (χ2v) is 2.23. The number of hydrogen-bond acceptors (Lipinski definition) is 4. The molecule has 7 heteroatoms. The molecule has 2 rings (SSSR count). The molecule has 62 valence electrons. The number of aromatic amines is 2. The molecule has 7 nitrogen and oxygen atoms in total. The second kappa shape index (κ2) is 1.97. The lowest BCUT2D eigenvalue weighted by molar-refractivity contribution is 0.891. The Balaban J connectivity index is 3.18. The molecule has 0 aliphatic rings. The molecule has 0 fully saturated rings. The van der Waals surface area contributed by atoms with Crippen molar-refractivity contribution in [1.82, 2.24) is 19.6 Å². The maximum Gasteiger partial charge on any atom is 0.348 e. The van der Waals surface area contributed by atoms with Crippen molar-refractivity contribution in [2.45, 2.75) is 0 Å². The molecule has 0 amide bonds. The second-order valence-electron chi connectivity index (χ2n) is 2.23. The lowest BCUT2D eigenvalue weighted by Crippen LogP contribution is -2.34. The predicted molar refractivity (Wildman–Crippen MR) is 41.1 cm³/mol.